The van der Waals surface area contributed by atoms with Crippen molar-refractivity contribution in [2.45, 2.75) is 32.2 Å². The number of aromatic nitrogens is 2. The average molecular weight is 364 g/mol. The number of hydrogen-bond acceptors (Lipinski definition) is 5. The molecular weight excluding hydrogens is 342 g/mol. The fourth-order valence-corrected chi connectivity index (χ4v) is 3.31. The number of halogens is 2. The highest BCUT2D eigenvalue weighted by molar-refractivity contribution is 5.89. The summed E-state index contributed by atoms with van der Waals surface area (Å²) in [5.74, 6) is -1.07. The first-order valence-electron chi connectivity index (χ1n) is 8.76. The van der Waals surface area contributed by atoms with Crippen molar-refractivity contribution in [3.63, 3.8) is 0 Å². The molecule has 0 radical (unpaired) electrons. The average Bonchev–Trinajstić information content (AvgIpc) is 3.11. The van der Waals surface area contributed by atoms with E-state index in [9.17, 15) is 13.6 Å². The van der Waals surface area contributed by atoms with E-state index >= 15 is 0 Å². The van der Waals surface area contributed by atoms with Crippen LogP contribution in [0.15, 0.2) is 22.7 Å². The molecule has 1 N–H and O–H groups in total. The van der Waals surface area contributed by atoms with E-state index in [1.807, 2.05) is 0 Å². The lowest BCUT2D eigenvalue weighted by molar-refractivity contribution is 0.0919. The minimum absolute atomic E-state index is 0.0330. The molecule has 2 aromatic rings. The third kappa shape index (κ3) is 4.63. The highest BCUT2D eigenvalue weighted by Gasteiger charge is 2.22. The van der Waals surface area contributed by atoms with Gasteiger partial charge < -0.3 is 9.84 Å². The molecule has 0 saturated carbocycles. The second-order valence-electron chi connectivity index (χ2n) is 6.63. The number of aryl methyl sites for hydroxylation is 1. The van der Waals surface area contributed by atoms with Gasteiger partial charge in [0.05, 0.1) is 6.54 Å². The van der Waals surface area contributed by atoms with E-state index < -0.39 is 17.5 Å². The van der Waals surface area contributed by atoms with Crippen molar-refractivity contribution in [3.8, 4) is 0 Å². The summed E-state index contributed by atoms with van der Waals surface area (Å²) < 4.78 is 31.2. The first-order valence-corrected chi connectivity index (χ1v) is 8.76. The number of piperidine rings is 1. The molecule has 1 atom stereocenters. The lowest BCUT2D eigenvalue weighted by Gasteiger charge is -2.31. The van der Waals surface area contributed by atoms with E-state index in [-0.39, 0.29) is 5.89 Å². The lowest BCUT2D eigenvalue weighted by Crippen LogP contribution is -2.35. The van der Waals surface area contributed by atoms with Crippen LogP contribution < -0.4 is 5.32 Å². The first-order chi connectivity index (χ1) is 12.5. The largest absolute Gasteiger partial charge is 0.351 e. The van der Waals surface area contributed by atoms with Gasteiger partial charge in [-0.25, -0.2) is 8.78 Å². The second-order valence-corrected chi connectivity index (χ2v) is 6.63. The number of amides is 1. The molecule has 2 heterocycles. The Hall–Kier alpha value is -2.35. The van der Waals surface area contributed by atoms with Gasteiger partial charge in [0.2, 0.25) is 0 Å². The van der Waals surface area contributed by atoms with Crippen molar-refractivity contribution in [1.29, 1.82) is 0 Å². The number of carbonyl (C=O) groups is 1. The zero-order chi connectivity index (χ0) is 18.5. The topological polar surface area (TPSA) is 71.3 Å². The summed E-state index contributed by atoms with van der Waals surface area (Å²) in [6.07, 6.45) is 3.80. The Morgan fingerprint density at radius 2 is 2.23 bits per heavy atom. The van der Waals surface area contributed by atoms with E-state index in [4.69, 9.17) is 4.52 Å². The summed E-state index contributed by atoms with van der Waals surface area (Å²) >= 11 is 0. The van der Waals surface area contributed by atoms with E-state index in [1.54, 1.807) is 6.07 Å². The van der Waals surface area contributed by atoms with Crippen molar-refractivity contribution < 1.29 is 18.1 Å². The molecule has 1 fully saturated rings. The van der Waals surface area contributed by atoms with Gasteiger partial charge in [-0.2, -0.15) is 4.98 Å². The molecule has 140 valence electrons. The van der Waals surface area contributed by atoms with Crippen LogP contribution in [0.3, 0.4) is 0 Å². The molecule has 8 heteroatoms. The van der Waals surface area contributed by atoms with Crippen molar-refractivity contribution in [2.24, 2.45) is 5.92 Å². The van der Waals surface area contributed by atoms with Gasteiger partial charge in [-0.3, -0.25) is 9.69 Å². The van der Waals surface area contributed by atoms with Crippen LogP contribution in [0.2, 0.25) is 0 Å². The summed E-state index contributed by atoms with van der Waals surface area (Å²) in [5, 5.41) is 6.30. The van der Waals surface area contributed by atoms with Crippen molar-refractivity contribution >= 4 is 5.91 Å². The van der Waals surface area contributed by atoms with Gasteiger partial charge in [0, 0.05) is 13.6 Å². The molecule has 0 aliphatic carbocycles. The quantitative estimate of drug-likeness (QED) is 0.853. The van der Waals surface area contributed by atoms with Gasteiger partial charge in [0.1, 0.15) is 0 Å². The molecule has 1 aliphatic heterocycles. The van der Waals surface area contributed by atoms with Gasteiger partial charge in [-0.1, -0.05) is 11.2 Å². The number of likely N-dealkylation sites (tertiary alicyclic amines) is 1. The molecular formula is C18H22F2N4O2. The maximum Gasteiger partial charge on any atom is 0.315 e. The molecule has 1 aliphatic rings. The molecule has 1 amide bonds. The Bertz CT molecular complexity index is 765. The van der Waals surface area contributed by atoms with Crippen molar-refractivity contribution in [1.82, 2.24) is 20.4 Å². The zero-order valence-corrected chi connectivity index (χ0v) is 14.7. The van der Waals surface area contributed by atoms with E-state index in [0.717, 1.165) is 44.3 Å². The van der Waals surface area contributed by atoms with Crippen LogP contribution in [0.5, 0.6) is 0 Å². The predicted octanol–water partition coefficient (Wildman–Crippen LogP) is 2.55. The summed E-state index contributed by atoms with van der Waals surface area (Å²) in [4.78, 5) is 17.8. The highest BCUT2D eigenvalue weighted by Crippen LogP contribution is 2.23. The van der Waals surface area contributed by atoms with Crippen LogP contribution in [-0.2, 0) is 13.0 Å². The molecule has 0 bridgehead atoms. The van der Waals surface area contributed by atoms with Gasteiger partial charge >= 0.3 is 11.8 Å². The van der Waals surface area contributed by atoms with Gasteiger partial charge in [-0.05, 0) is 55.8 Å². The highest BCUT2D eigenvalue weighted by atomic mass is 19.2. The Morgan fingerprint density at radius 3 is 3.00 bits per heavy atom. The van der Waals surface area contributed by atoms with Crippen LogP contribution in [0.25, 0.3) is 0 Å². The molecule has 6 nitrogen and oxygen atoms in total. The molecule has 3 rings (SSSR count). The molecule has 1 saturated heterocycles. The minimum Gasteiger partial charge on any atom is -0.351 e. The van der Waals surface area contributed by atoms with Gasteiger partial charge in [-0.15, -0.1) is 0 Å². The smallest absolute Gasteiger partial charge is 0.315 e. The van der Waals surface area contributed by atoms with E-state index in [1.165, 1.54) is 19.2 Å². The van der Waals surface area contributed by atoms with Crippen LogP contribution in [0.4, 0.5) is 8.78 Å². The molecule has 26 heavy (non-hydrogen) atoms. The fraction of sp³-hybridized carbons (Fsp3) is 0.500. The lowest BCUT2D eigenvalue weighted by atomic mass is 9.91. The third-order valence-corrected chi connectivity index (χ3v) is 4.68. The Kier molecular flexibility index (Phi) is 5.92. The number of rotatable bonds is 6. The molecule has 0 unspecified atom stereocenters. The number of carbonyl (C=O) groups excluding carboxylic acids is 1. The second kappa shape index (κ2) is 8.35. The van der Waals surface area contributed by atoms with Crippen LogP contribution in [-0.4, -0.2) is 41.1 Å². The SMILES string of the molecule is CNC(=O)c1nc(CN2CCC[C@H](CCc3ccc(F)c(F)c3)C2)no1. The monoisotopic (exact) mass is 364 g/mol. The molecule has 1 aromatic carbocycles. The zero-order valence-electron chi connectivity index (χ0n) is 14.7. The summed E-state index contributed by atoms with van der Waals surface area (Å²) in [6, 6.07) is 4.09. The van der Waals surface area contributed by atoms with E-state index in [2.05, 4.69) is 20.4 Å². The Labute approximate surface area is 150 Å². The third-order valence-electron chi connectivity index (χ3n) is 4.68. The standard InChI is InChI=1S/C18H22F2N4O2/c1-21-17(25)18-22-16(23-26-18)11-24-8-2-3-13(10-24)5-4-12-6-7-14(19)15(20)9-12/h6-7,9,13H,2-5,8,10-11H2,1H3,(H,21,25)/t13-/m1/s1. The van der Waals surface area contributed by atoms with Crippen LogP contribution in [0, 0.1) is 17.6 Å². The predicted molar refractivity (Wildman–Crippen MR) is 90.4 cm³/mol. The van der Waals surface area contributed by atoms with E-state index in [0.29, 0.717) is 18.3 Å². The number of hydrogen-bond donors (Lipinski definition) is 1. The Balaban J connectivity index is 1.51. The van der Waals surface area contributed by atoms with Crippen molar-refractivity contribution in [3.05, 3.63) is 47.1 Å². The van der Waals surface area contributed by atoms with Crippen molar-refractivity contribution in [2.75, 3.05) is 20.1 Å². The minimum atomic E-state index is -0.811. The number of benzene rings is 1. The number of nitrogens with zero attached hydrogens (tertiary/aromatic N) is 3. The van der Waals surface area contributed by atoms with Gasteiger partial charge in [0.15, 0.2) is 17.5 Å². The number of nitrogens with one attached hydrogen (secondary N) is 1. The summed E-state index contributed by atoms with van der Waals surface area (Å²) in [7, 11) is 1.51. The normalized spacial score (nSPS) is 18.0. The maximum atomic E-state index is 13.3. The first kappa shape index (κ1) is 18.4. The summed E-state index contributed by atoms with van der Waals surface area (Å²) in [5.41, 5.74) is 0.814. The fourth-order valence-electron chi connectivity index (χ4n) is 3.31. The molecule has 1 aromatic heterocycles. The van der Waals surface area contributed by atoms with Crippen LogP contribution in [0.1, 0.15) is 41.3 Å². The van der Waals surface area contributed by atoms with Crippen LogP contribution >= 0.6 is 0 Å². The Morgan fingerprint density at radius 1 is 1.38 bits per heavy atom. The maximum absolute atomic E-state index is 13.3. The summed E-state index contributed by atoms with van der Waals surface area (Å²) in [6.45, 7) is 2.35. The molecule has 0 spiro atoms. The van der Waals surface area contributed by atoms with Gasteiger partial charge in [0.25, 0.3) is 0 Å².